The second-order valence-corrected chi connectivity index (χ2v) is 4.81. The quantitative estimate of drug-likeness (QED) is 0.642. The van der Waals surface area contributed by atoms with Crippen molar-refractivity contribution in [3.63, 3.8) is 0 Å². The molecular weight excluding hydrogens is 283 g/mol. The highest BCUT2D eigenvalue weighted by Crippen LogP contribution is 2.19. The molecule has 0 saturated heterocycles. The summed E-state index contributed by atoms with van der Waals surface area (Å²) in [5.74, 6) is 0.659. The van der Waals surface area contributed by atoms with Crippen molar-refractivity contribution in [2.45, 2.75) is 6.92 Å². The first kappa shape index (κ1) is 13.8. The van der Waals surface area contributed by atoms with Crippen LogP contribution in [0.15, 0.2) is 35.4 Å². The first-order chi connectivity index (χ1) is 9.06. The molecule has 0 bridgehead atoms. The lowest BCUT2D eigenvalue weighted by Crippen LogP contribution is -2.11. The van der Waals surface area contributed by atoms with Crippen LogP contribution in [0, 0.1) is 6.92 Å². The zero-order valence-corrected chi connectivity index (χ0v) is 12.0. The van der Waals surface area contributed by atoms with Gasteiger partial charge in [-0.1, -0.05) is 29.3 Å². The summed E-state index contributed by atoms with van der Waals surface area (Å²) in [6.45, 7) is 1.88. The maximum Gasteiger partial charge on any atom is 0.171 e. The predicted octanol–water partition coefficient (Wildman–Crippen LogP) is 3.56. The van der Waals surface area contributed by atoms with E-state index in [0.29, 0.717) is 15.9 Å². The largest absolute Gasteiger partial charge is 0.250 e. The molecular formula is C13H12Cl2N4. The van der Waals surface area contributed by atoms with Crippen LogP contribution in [0.2, 0.25) is 10.0 Å². The molecule has 0 atom stereocenters. The van der Waals surface area contributed by atoms with Crippen LogP contribution in [0.5, 0.6) is 0 Å². The van der Waals surface area contributed by atoms with Crippen LogP contribution in [-0.4, -0.2) is 23.5 Å². The summed E-state index contributed by atoms with van der Waals surface area (Å²) in [5, 5.41) is 15.0. The van der Waals surface area contributed by atoms with E-state index in [-0.39, 0.29) is 0 Å². The Kier molecular flexibility index (Phi) is 4.35. The fourth-order valence-corrected chi connectivity index (χ4v) is 1.84. The second-order valence-electron chi connectivity index (χ2n) is 3.97. The topological polar surface area (TPSA) is 41.4 Å². The number of halogens is 2. The van der Waals surface area contributed by atoms with Crippen molar-refractivity contribution in [3.05, 3.63) is 51.6 Å². The molecule has 1 aromatic heterocycles. The van der Waals surface area contributed by atoms with E-state index >= 15 is 0 Å². The first-order valence-electron chi connectivity index (χ1n) is 5.59. The van der Waals surface area contributed by atoms with Crippen LogP contribution >= 0.6 is 23.2 Å². The standard InChI is InChI=1S/C13H12Cl2N4/c1-9-3-6-13(18-17-9)19(2)16-8-10-4-5-11(14)7-12(10)15/h3-8H,1-2H3. The van der Waals surface area contributed by atoms with Gasteiger partial charge in [-0.25, -0.2) is 5.01 Å². The summed E-state index contributed by atoms with van der Waals surface area (Å²) in [7, 11) is 1.79. The molecule has 0 unspecified atom stereocenters. The highest BCUT2D eigenvalue weighted by molar-refractivity contribution is 6.36. The molecule has 0 amide bonds. The molecule has 6 heteroatoms. The Morgan fingerprint density at radius 1 is 1.16 bits per heavy atom. The summed E-state index contributed by atoms with van der Waals surface area (Å²) in [5.41, 5.74) is 1.65. The number of hydrazone groups is 1. The van der Waals surface area contributed by atoms with Crippen molar-refractivity contribution < 1.29 is 0 Å². The third-order valence-electron chi connectivity index (χ3n) is 2.45. The Morgan fingerprint density at radius 3 is 2.58 bits per heavy atom. The van der Waals surface area contributed by atoms with E-state index < -0.39 is 0 Å². The number of aromatic nitrogens is 2. The molecule has 0 saturated carbocycles. The van der Waals surface area contributed by atoms with Gasteiger partial charge in [0.05, 0.1) is 16.9 Å². The summed E-state index contributed by atoms with van der Waals surface area (Å²) in [4.78, 5) is 0. The lowest BCUT2D eigenvalue weighted by Gasteiger charge is -2.10. The van der Waals surface area contributed by atoms with E-state index in [1.165, 1.54) is 0 Å². The third-order valence-corrected chi connectivity index (χ3v) is 3.01. The Bertz CT molecular complexity index is 596. The molecule has 0 aliphatic rings. The fourth-order valence-electron chi connectivity index (χ4n) is 1.38. The average Bonchev–Trinajstić information content (AvgIpc) is 2.38. The predicted molar refractivity (Wildman–Crippen MR) is 79.2 cm³/mol. The van der Waals surface area contributed by atoms with Gasteiger partial charge in [0.2, 0.25) is 0 Å². The molecule has 2 rings (SSSR count). The molecule has 2 aromatic rings. The van der Waals surface area contributed by atoms with Gasteiger partial charge in [-0.05, 0) is 31.2 Å². The fraction of sp³-hybridized carbons (Fsp3) is 0.154. The van der Waals surface area contributed by atoms with Gasteiger partial charge >= 0.3 is 0 Å². The number of hydrogen-bond donors (Lipinski definition) is 0. The van der Waals surface area contributed by atoms with Crippen LogP contribution < -0.4 is 5.01 Å². The number of rotatable bonds is 3. The number of nitrogens with zero attached hydrogens (tertiary/aromatic N) is 4. The SMILES string of the molecule is Cc1ccc(N(C)N=Cc2ccc(Cl)cc2Cl)nn1. The molecule has 0 aliphatic carbocycles. The van der Waals surface area contributed by atoms with Crippen molar-refractivity contribution in [2.75, 3.05) is 12.1 Å². The maximum atomic E-state index is 6.06. The van der Waals surface area contributed by atoms with Crippen LogP contribution in [0.1, 0.15) is 11.3 Å². The molecule has 0 fully saturated rings. The molecule has 0 N–H and O–H groups in total. The highest BCUT2D eigenvalue weighted by atomic mass is 35.5. The van der Waals surface area contributed by atoms with Crippen LogP contribution in [0.4, 0.5) is 5.82 Å². The van der Waals surface area contributed by atoms with Crippen molar-refractivity contribution in [3.8, 4) is 0 Å². The van der Waals surface area contributed by atoms with Crippen molar-refractivity contribution >= 4 is 35.2 Å². The second kappa shape index (κ2) is 5.99. The molecule has 0 radical (unpaired) electrons. The van der Waals surface area contributed by atoms with E-state index in [1.807, 2.05) is 25.1 Å². The molecule has 1 aromatic carbocycles. The summed E-state index contributed by atoms with van der Waals surface area (Å²) >= 11 is 11.9. The van der Waals surface area contributed by atoms with Crippen LogP contribution in [0.25, 0.3) is 0 Å². The number of benzene rings is 1. The third kappa shape index (κ3) is 3.66. The molecule has 0 aliphatic heterocycles. The lowest BCUT2D eigenvalue weighted by molar-refractivity contribution is 0.902. The van der Waals surface area contributed by atoms with E-state index in [4.69, 9.17) is 23.2 Å². The van der Waals surface area contributed by atoms with E-state index in [0.717, 1.165) is 11.3 Å². The number of hydrogen-bond acceptors (Lipinski definition) is 4. The highest BCUT2D eigenvalue weighted by Gasteiger charge is 2.02. The zero-order valence-electron chi connectivity index (χ0n) is 10.5. The summed E-state index contributed by atoms with van der Waals surface area (Å²) < 4.78 is 0. The smallest absolute Gasteiger partial charge is 0.171 e. The van der Waals surface area contributed by atoms with Crippen LogP contribution in [0.3, 0.4) is 0 Å². The average molecular weight is 295 g/mol. The number of anilines is 1. The minimum absolute atomic E-state index is 0.555. The zero-order chi connectivity index (χ0) is 13.8. The Labute approximate surface area is 121 Å². The normalized spacial score (nSPS) is 10.9. The van der Waals surface area contributed by atoms with Gasteiger partial charge in [-0.15, -0.1) is 5.10 Å². The Balaban J connectivity index is 2.15. The minimum Gasteiger partial charge on any atom is -0.250 e. The van der Waals surface area contributed by atoms with Crippen LogP contribution in [-0.2, 0) is 0 Å². The van der Waals surface area contributed by atoms with Gasteiger partial charge in [0.15, 0.2) is 5.82 Å². The first-order valence-corrected chi connectivity index (χ1v) is 6.35. The van der Waals surface area contributed by atoms with Gasteiger partial charge in [0.1, 0.15) is 0 Å². The van der Waals surface area contributed by atoms with Crippen molar-refractivity contribution in [2.24, 2.45) is 5.10 Å². The summed E-state index contributed by atoms with van der Waals surface area (Å²) in [6.07, 6.45) is 1.65. The Morgan fingerprint density at radius 2 is 1.95 bits per heavy atom. The molecule has 4 nitrogen and oxygen atoms in total. The Hall–Kier alpha value is -1.65. The molecule has 1 heterocycles. The van der Waals surface area contributed by atoms with Crippen molar-refractivity contribution in [1.29, 1.82) is 0 Å². The van der Waals surface area contributed by atoms with E-state index in [2.05, 4.69) is 15.3 Å². The van der Waals surface area contributed by atoms with Gasteiger partial charge in [-0.3, -0.25) is 0 Å². The van der Waals surface area contributed by atoms with Crippen molar-refractivity contribution in [1.82, 2.24) is 10.2 Å². The van der Waals surface area contributed by atoms with Gasteiger partial charge in [0.25, 0.3) is 0 Å². The summed E-state index contributed by atoms with van der Waals surface area (Å²) in [6, 6.07) is 8.98. The molecule has 98 valence electrons. The van der Waals surface area contributed by atoms with Gasteiger partial charge < -0.3 is 0 Å². The van der Waals surface area contributed by atoms with E-state index in [1.54, 1.807) is 30.4 Å². The maximum absolute atomic E-state index is 6.06. The van der Waals surface area contributed by atoms with Gasteiger partial charge in [0, 0.05) is 17.6 Å². The lowest BCUT2D eigenvalue weighted by atomic mass is 10.2. The minimum atomic E-state index is 0.555. The van der Waals surface area contributed by atoms with E-state index in [9.17, 15) is 0 Å². The molecule has 19 heavy (non-hydrogen) atoms. The molecule has 0 spiro atoms. The van der Waals surface area contributed by atoms with Gasteiger partial charge in [-0.2, -0.15) is 10.2 Å². The monoisotopic (exact) mass is 294 g/mol. The number of aryl methyl sites for hydroxylation is 1.